The van der Waals surface area contributed by atoms with Gasteiger partial charge in [0.25, 0.3) is 0 Å². The van der Waals surface area contributed by atoms with Crippen LogP contribution in [0.4, 0.5) is 5.69 Å². The van der Waals surface area contributed by atoms with Crippen LogP contribution in [0.5, 0.6) is 0 Å². The molecule has 2 aromatic rings. The molecule has 1 aromatic carbocycles. The number of ether oxygens (including phenoxy) is 1. The summed E-state index contributed by atoms with van der Waals surface area (Å²) in [7, 11) is 1.62. The van der Waals surface area contributed by atoms with E-state index in [1.807, 2.05) is 31.2 Å². The van der Waals surface area contributed by atoms with Crippen molar-refractivity contribution in [3.05, 3.63) is 40.3 Å². The first-order chi connectivity index (χ1) is 11.5. The zero-order valence-corrected chi connectivity index (χ0v) is 14.9. The fourth-order valence-electron chi connectivity index (χ4n) is 2.05. The summed E-state index contributed by atoms with van der Waals surface area (Å²) in [6.45, 7) is 4.83. The molecule has 0 saturated carbocycles. The molecule has 0 aliphatic heterocycles. The van der Waals surface area contributed by atoms with Crippen molar-refractivity contribution in [3.63, 3.8) is 0 Å². The number of aromatic nitrogens is 3. The zero-order chi connectivity index (χ0) is 17.5. The highest BCUT2D eigenvalue weighted by molar-refractivity contribution is 8.00. The number of nitrogens with one attached hydrogen (secondary N) is 2. The fraction of sp³-hybridized carbons (Fsp3) is 0.438. The molecule has 1 amide bonds. The van der Waals surface area contributed by atoms with Crippen LogP contribution < -0.4 is 11.0 Å². The Hall–Kier alpha value is -2.06. The van der Waals surface area contributed by atoms with Gasteiger partial charge in [-0.15, -0.1) is 5.10 Å². The number of nitrogens with zero attached hydrogens (tertiary/aromatic N) is 2. The number of aromatic amines is 1. The SMILES string of the molecule is COCCCn1c(SC(C)C(=O)Nc2ccc(C)cc2)n[nH]c1=O. The molecule has 7 nitrogen and oxygen atoms in total. The number of carbonyl (C=O) groups excluding carboxylic acids is 1. The molecule has 0 aliphatic carbocycles. The minimum absolute atomic E-state index is 0.136. The van der Waals surface area contributed by atoms with Crippen molar-refractivity contribution >= 4 is 23.4 Å². The molecule has 1 heterocycles. The van der Waals surface area contributed by atoms with Gasteiger partial charge in [0.15, 0.2) is 5.16 Å². The largest absolute Gasteiger partial charge is 0.385 e. The van der Waals surface area contributed by atoms with Crippen LogP contribution in [0.25, 0.3) is 0 Å². The molecule has 1 aromatic heterocycles. The highest BCUT2D eigenvalue weighted by Crippen LogP contribution is 2.21. The Labute approximate surface area is 144 Å². The van der Waals surface area contributed by atoms with Crippen LogP contribution in [0.2, 0.25) is 0 Å². The van der Waals surface area contributed by atoms with Crippen LogP contribution in [0, 0.1) is 6.92 Å². The third-order valence-electron chi connectivity index (χ3n) is 3.42. The number of hydrogen-bond donors (Lipinski definition) is 2. The van der Waals surface area contributed by atoms with Gasteiger partial charge < -0.3 is 10.1 Å². The number of H-pyrrole nitrogens is 1. The summed E-state index contributed by atoms with van der Waals surface area (Å²) >= 11 is 1.25. The quantitative estimate of drug-likeness (QED) is 0.562. The summed E-state index contributed by atoms with van der Waals surface area (Å²) in [5, 5.41) is 9.41. The van der Waals surface area contributed by atoms with Gasteiger partial charge in [0.2, 0.25) is 5.91 Å². The Bertz CT molecular complexity index is 724. The Kier molecular flexibility index (Phi) is 6.62. The lowest BCUT2D eigenvalue weighted by molar-refractivity contribution is -0.115. The number of aryl methyl sites for hydroxylation is 1. The second kappa shape index (κ2) is 8.70. The van der Waals surface area contributed by atoms with Gasteiger partial charge in [0.05, 0.1) is 5.25 Å². The van der Waals surface area contributed by atoms with Gasteiger partial charge in [-0.3, -0.25) is 9.36 Å². The van der Waals surface area contributed by atoms with Gasteiger partial charge in [-0.1, -0.05) is 29.5 Å². The number of thioether (sulfide) groups is 1. The molecular weight excluding hydrogens is 328 g/mol. The van der Waals surface area contributed by atoms with Crippen LogP contribution in [0.15, 0.2) is 34.2 Å². The Morgan fingerprint density at radius 2 is 2.12 bits per heavy atom. The first-order valence-corrected chi connectivity index (χ1v) is 8.57. The minimum Gasteiger partial charge on any atom is -0.385 e. The average Bonchev–Trinajstić information content (AvgIpc) is 2.90. The molecule has 0 radical (unpaired) electrons. The summed E-state index contributed by atoms with van der Waals surface area (Å²) in [5.41, 5.74) is 1.60. The molecule has 24 heavy (non-hydrogen) atoms. The first kappa shape index (κ1) is 18.3. The number of carbonyl (C=O) groups is 1. The van der Waals surface area contributed by atoms with Crippen molar-refractivity contribution in [2.75, 3.05) is 19.0 Å². The average molecular weight is 350 g/mol. The van der Waals surface area contributed by atoms with Gasteiger partial charge in [-0.05, 0) is 32.4 Å². The Balaban J connectivity index is 1.98. The molecule has 1 atom stereocenters. The van der Waals surface area contributed by atoms with Gasteiger partial charge >= 0.3 is 5.69 Å². The highest BCUT2D eigenvalue weighted by Gasteiger charge is 2.19. The van der Waals surface area contributed by atoms with E-state index < -0.39 is 0 Å². The van der Waals surface area contributed by atoms with Crippen molar-refractivity contribution in [3.8, 4) is 0 Å². The Morgan fingerprint density at radius 1 is 1.42 bits per heavy atom. The minimum atomic E-state index is -0.386. The topological polar surface area (TPSA) is 89.0 Å². The summed E-state index contributed by atoms with van der Waals surface area (Å²) in [5.74, 6) is -0.136. The van der Waals surface area contributed by atoms with Gasteiger partial charge in [0.1, 0.15) is 0 Å². The maximum Gasteiger partial charge on any atom is 0.343 e. The number of methoxy groups -OCH3 is 1. The second-order valence-corrected chi connectivity index (χ2v) is 6.73. The summed E-state index contributed by atoms with van der Waals surface area (Å²) in [4.78, 5) is 24.1. The van der Waals surface area contributed by atoms with Crippen molar-refractivity contribution in [1.29, 1.82) is 0 Å². The van der Waals surface area contributed by atoms with E-state index in [9.17, 15) is 9.59 Å². The molecule has 2 N–H and O–H groups in total. The third-order valence-corrected chi connectivity index (χ3v) is 4.51. The van der Waals surface area contributed by atoms with Crippen molar-refractivity contribution in [2.24, 2.45) is 0 Å². The molecule has 0 spiro atoms. The van der Waals surface area contributed by atoms with E-state index in [0.29, 0.717) is 24.7 Å². The van der Waals surface area contributed by atoms with E-state index >= 15 is 0 Å². The monoisotopic (exact) mass is 350 g/mol. The summed E-state index contributed by atoms with van der Waals surface area (Å²) < 4.78 is 6.52. The van der Waals surface area contributed by atoms with Crippen molar-refractivity contribution < 1.29 is 9.53 Å². The van der Waals surface area contributed by atoms with E-state index in [0.717, 1.165) is 11.3 Å². The lowest BCUT2D eigenvalue weighted by atomic mass is 10.2. The van der Waals surface area contributed by atoms with Crippen LogP contribution >= 0.6 is 11.8 Å². The number of rotatable bonds is 8. The van der Waals surface area contributed by atoms with Crippen molar-refractivity contribution in [2.45, 2.75) is 37.2 Å². The van der Waals surface area contributed by atoms with Gasteiger partial charge in [-0.25, -0.2) is 9.89 Å². The standard InChI is InChI=1S/C16H22N4O3S/c1-11-5-7-13(8-6-11)17-14(21)12(2)24-16-19-18-15(22)20(16)9-4-10-23-3/h5-8,12H,4,9-10H2,1-3H3,(H,17,21)(H,18,22). The molecule has 0 fully saturated rings. The molecule has 130 valence electrons. The molecule has 8 heteroatoms. The van der Waals surface area contributed by atoms with Crippen molar-refractivity contribution in [1.82, 2.24) is 14.8 Å². The van der Waals surface area contributed by atoms with E-state index in [1.54, 1.807) is 14.0 Å². The zero-order valence-electron chi connectivity index (χ0n) is 14.0. The first-order valence-electron chi connectivity index (χ1n) is 7.69. The number of amides is 1. The van der Waals surface area contributed by atoms with E-state index in [1.165, 1.54) is 16.3 Å². The predicted molar refractivity (Wildman–Crippen MR) is 94.5 cm³/mol. The second-order valence-electron chi connectivity index (χ2n) is 5.42. The normalized spacial score (nSPS) is 12.1. The van der Waals surface area contributed by atoms with Crippen LogP contribution in [-0.2, 0) is 16.1 Å². The number of benzene rings is 1. The van der Waals surface area contributed by atoms with Gasteiger partial charge in [0, 0.05) is 25.9 Å². The smallest absolute Gasteiger partial charge is 0.343 e. The van der Waals surface area contributed by atoms with Crippen LogP contribution in [0.3, 0.4) is 0 Å². The Morgan fingerprint density at radius 3 is 2.79 bits per heavy atom. The van der Waals surface area contributed by atoms with Gasteiger partial charge in [-0.2, -0.15) is 0 Å². The highest BCUT2D eigenvalue weighted by atomic mass is 32.2. The van der Waals surface area contributed by atoms with E-state index in [4.69, 9.17) is 4.74 Å². The van der Waals surface area contributed by atoms with Crippen LogP contribution in [-0.4, -0.2) is 39.6 Å². The number of anilines is 1. The predicted octanol–water partition coefficient (Wildman–Crippen LogP) is 2.04. The van der Waals surface area contributed by atoms with Crippen LogP contribution in [0.1, 0.15) is 18.9 Å². The third kappa shape index (κ3) is 4.97. The summed E-state index contributed by atoms with van der Waals surface area (Å²) in [6.07, 6.45) is 0.702. The fourth-order valence-corrected chi connectivity index (χ4v) is 2.93. The van der Waals surface area contributed by atoms with E-state index in [-0.39, 0.29) is 16.8 Å². The lowest BCUT2D eigenvalue weighted by Gasteiger charge is -2.12. The molecule has 0 bridgehead atoms. The molecular formula is C16H22N4O3S. The molecule has 0 saturated heterocycles. The summed E-state index contributed by atoms with van der Waals surface area (Å²) in [6, 6.07) is 7.60. The number of hydrogen-bond acceptors (Lipinski definition) is 5. The lowest BCUT2D eigenvalue weighted by Crippen LogP contribution is -2.24. The molecule has 1 unspecified atom stereocenters. The maximum atomic E-state index is 12.3. The van der Waals surface area contributed by atoms with E-state index in [2.05, 4.69) is 15.5 Å². The molecule has 2 rings (SSSR count). The maximum absolute atomic E-state index is 12.3. The molecule has 0 aliphatic rings.